The summed E-state index contributed by atoms with van der Waals surface area (Å²) in [6, 6.07) is 9.13. The van der Waals surface area contributed by atoms with Crippen molar-refractivity contribution in [2.24, 2.45) is 0 Å². The Balaban J connectivity index is 1.30. The number of aliphatic hydroxyl groups is 9. The Morgan fingerprint density at radius 1 is 0.692 bits per heavy atom. The van der Waals surface area contributed by atoms with Gasteiger partial charge in [0.25, 0.3) is 0 Å². The average Bonchev–Trinajstić information content (AvgIpc) is 3.11. The molecule has 0 bridgehead atoms. The molecule has 3 fully saturated rings. The van der Waals surface area contributed by atoms with Crippen LogP contribution < -0.4 is 10.2 Å². The van der Waals surface area contributed by atoms with Gasteiger partial charge in [0.15, 0.2) is 24.1 Å². The van der Waals surface area contributed by atoms with E-state index in [-0.39, 0.29) is 28.2 Å². The number of phenolic OH excluding ortho intramolecular Hbond substituents is 2. The Morgan fingerprint density at radius 2 is 1.33 bits per heavy atom. The van der Waals surface area contributed by atoms with Crippen LogP contribution in [0.5, 0.6) is 17.2 Å². The van der Waals surface area contributed by atoms with E-state index >= 15 is 0 Å². The molecule has 286 valence electrons. The number of hydrogen-bond donors (Lipinski definition) is 11. The molecule has 19 heteroatoms. The van der Waals surface area contributed by atoms with Gasteiger partial charge in [-0.25, -0.2) is 0 Å². The van der Waals surface area contributed by atoms with Crippen molar-refractivity contribution in [2.45, 2.75) is 99.0 Å². The lowest BCUT2D eigenvalue weighted by Gasteiger charge is -2.46. The van der Waals surface area contributed by atoms with E-state index in [4.69, 9.17) is 32.8 Å². The van der Waals surface area contributed by atoms with Gasteiger partial charge in [-0.05, 0) is 31.2 Å². The maximum Gasteiger partial charge on any atom is 0.229 e. The predicted octanol–water partition coefficient (Wildman–Crippen LogP) is -3.27. The Bertz CT molecular complexity index is 1730. The van der Waals surface area contributed by atoms with Crippen LogP contribution in [0.25, 0.3) is 22.3 Å². The van der Waals surface area contributed by atoms with Gasteiger partial charge in [0.2, 0.25) is 6.29 Å². The first-order valence-electron chi connectivity index (χ1n) is 16.2. The van der Waals surface area contributed by atoms with E-state index in [9.17, 15) is 61.0 Å². The molecule has 6 rings (SSSR count). The zero-order valence-electron chi connectivity index (χ0n) is 27.3. The van der Waals surface area contributed by atoms with Crippen LogP contribution in [0.4, 0.5) is 0 Å². The molecule has 3 saturated heterocycles. The van der Waals surface area contributed by atoms with E-state index < -0.39 is 117 Å². The van der Waals surface area contributed by atoms with E-state index in [0.29, 0.717) is 5.56 Å². The summed E-state index contributed by atoms with van der Waals surface area (Å²) in [5.41, 5.74) is -0.358. The third-order valence-corrected chi connectivity index (χ3v) is 9.20. The molecule has 0 saturated carbocycles. The van der Waals surface area contributed by atoms with Crippen LogP contribution in [0.2, 0.25) is 0 Å². The molecule has 0 amide bonds. The van der Waals surface area contributed by atoms with Crippen molar-refractivity contribution in [3.05, 3.63) is 52.7 Å². The monoisotopic (exact) mass is 740 g/mol. The second kappa shape index (κ2) is 15.5. The standard InChI is InChI=1S/C33H40O19/c1-11-22(38)25(41)29(45)32(47-11)52-30-27(43)24(40)20(10-46-31-28(44)26(42)23(39)19(9-34)50-31)51-33(30)48-14-6-15(36)21-16(37)8-17(49-18(21)7-14)12-2-4-13(35)5-3-12/h2-8,11,19-20,22-36,38-45H,9-10H2,1H3/t11-,19+,20+,22-,23+,24+,25+,26-,27-,28+,29+,30+,31?,32?,33+/m0/s1. The number of ether oxygens (including phenoxy) is 6. The lowest BCUT2D eigenvalue weighted by atomic mass is 9.97. The summed E-state index contributed by atoms with van der Waals surface area (Å²) in [5, 5.41) is 114. The quantitative estimate of drug-likeness (QED) is 0.102. The second-order valence-corrected chi connectivity index (χ2v) is 12.8. The van der Waals surface area contributed by atoms with Crippen LogP contribution in [0.15, 0.2) is 51.7 Å². The van der Waals surface area contributed by atoms with Crippen molar-refractivity contribution in [3.8, 4) is 28.6 Å². The molecule has 0 aliphatic carbocycles. The average molecular weight is 741 g/mol. The molecular weight excluding hydrogens is 700 g/mol. The summed E-state index contributed by atoms with van der Waals surface area (Å²) in [6.07, 6.45) is -24.8. The summed E-state index contributed by atoms with van der Waals surface area (Å²) in [5.74, 6) is -0.751. The molecule has 3 aromatic rings. The van der Waals surface area contributed by atoms with Gasteiger partial charge in [0.1, 0.15) is 95.0 Å². The Kier molecular flexibility index (Phi) is 11.4. The van der Waals surface area contributed by atoms with Crippen LogP contribution in [-0.2, 0) is 23.7 Å². The second-order valence-electron chi connectivity index (χ2n) is 12.8. The summed E-state index contributed by atoms with van der Waals surface area (Å²) < 4.78 is 39.9. The van der Waals surface area contributed by atoms with Gasteiger partial charge < -0.3 is 89.0 Å². The number of rotatable bonds is 9. The molecule has 1 aromatic heterocycles. The van der Waals surface area contributed by atoms with Crippen molar-refractivity contribution in [2.75, 3.05) is 13.2 Å². The van der Waals surface area contributed by atoms with Crippen molar-refractivity contribution in [3.63, 3.8) is 0 Å². The SMILES string of the molecule is C[C@@H]1OC(O[C@H]2[C@H](Oc3cc(O)c4c(=O)cc(-c5ccc(O)cc5)oc4c3)O[C@H](COC3O[C@H](CO)[C@@H](O)[C@H](O)[C@H]3O)[C@@H](O)[C@@H]2O)[C@H](O)[C@H](O)[C@H]1O. The van der Waals surface area contributed by atoms with Crippen LogP contribution in [0, 0.1) is 0 Å². The molecular formula is C33H40O19. The minimum Gasteiger partial charge on any atom is -0.508 e. The molecule has 0 spiro atoms. The van der Waals surface area contributed by atoms with E-state index in [0.717, 1.165) is 12.1 Å². The van der Waals surface area contributed by atoms with Gasteiger partial charge in [-0.2, -0.15) is 0 Å². The lowest BCUT2D eigenvalue weighted by Crippen LogP contribution is -2.65. The summed E-state index contributed by atoms with van der Waals surface area (Å²) >= 11 is 0. The molecule has 52 heavy (non-hydrogen) atoms. The van der Waals surface area contributed by atoms with Crippen LogP contribution in [-0.4, -0.2) is 162 Å². The smallest absolute Gasteiger partial charge is 0.229 e. The van der Waals surface area contributed by atoms with Gasteiger partial charge in [0, 0.05) is 23.8 Å². The van der Waals surface area contributed by atoms with Gasteiger partial charge in [-0.15, -0.1) is 0 Å². The molecule has 4 heterocycles. The minimum atomic E-state index is -1.93. The lowest BCUT2D eigenvalue weighted by molar-refractivity contribution is -0.360. The summed E-state index contributed by atoms with van der Waals surface area (Å²) in [6.45, 7) is -0.0152. The first-order chi connectivity index (χ1) is 24.7. The molecule has 11 N–H and O–H groups in total. The largest absolute Gasteiger partial charge is 0.508 e. The van der Waals surface area contributed by atoms with Gasteiger partial charge in [-0.1, -0.05) is 0 Å². The van der Waals surface area contributed by atoms with Crippen LogP contribution in [0.3, 0.4) is 0 Å². The highest BCUT2D eigenvalue weighted by molar-refractivity contribution is 5.86. The molecule has 2 unspecified atom stereocenters. The zero-order valence-corrected chi connectivity index (χ0v) is 27.3. The summed E-state index contributed by atoms with van der Waals surface area (Å²) in [7, 11) is 0. The van der Waals surface area contributed by atoms with Gasteiger partial charge >= 0.3 is 0 Å². The minimum absolute atomic E-state index is 0.0278. The first-order valence-corrected chi connectivity index (χ1v) is 16.2. The van der Waals surface area contributed by atoms with Crippen LogP contribution >= 0.6 is 0 Å². The first kappa shape index (κ1) is 38.2. The fourth-order valence-corrected chi connectivity index (χ4v) is 6.17. The van der Waals surface area contributed by atoms with Gasteiger partial charge in [-0.3, -0.25) is 4.79 Å². The third kappa shape index (κ3) is 7.47. The number of aliphatic hydroxyl groups excluding tert-OH is 9. The molecule has 3 aliphatic heterocycles. The summed E-state index contributed by atoms with van der Waals surface area (Å²) in [4.78, 5) is 13.0. The number of hydrogen-bond acceptors (Lipinski definition) is 19. The number of aromatic hydroxyl groups is 2. The van der Waals surface area contributed by atoms with Gasteiger partial charge in [0.05, 0.1) is 19.3 Å². The van der Waals surface area contributed by atoms with Crippen molar-refractivity contribution < 1.29 is 89.0 Å². The normalized spacial score (nSPS) is 38.3. The van der Waals surface area contributed by atoms with Crippen molar-refractivity contribution >= 4 is 11.0 Å². The molecule has 19 nitrogen and oxygen atoms in total. The van der Waals surface area contributed by atoms with E-state index in [2.05, 4.69) is 0 Å². The fourth-order valence-electron chi connectivity index (χ4n) is 6.17. The molecule has 15 atom stereocenters. The zero-order chi connectivity index (χ0) is 37.6. The highest BCUT2D eigenvalue weighted by atomic mass is 16.8. The number of fused-ring (bicyclic) bond motifs is 1. The maximum atomic E-state index is 13.0. The van der Waals surface area contributed by atoms with Crippen molar-refractivity contribution in [1.29, 1.82) is 0 Å². The Labute approximate surface area is 293 Å². The molecule has 2 aromatic carbocycles. The predicted molar refractivity (Wildman–Crippen MR) is 169 cm³/mol. The van der Waals surface area contributed by atoms with E-state index in [1.807, 2.05) is 0 Å². The molecule has 3 aliphatic rings. The van der Waals surface area contributed by atoms with E-state index in [1.54, 1.807) is 0 Å². The number of phenols is 2. The third-order valence-electron chi connectivity index (χ3n) is 9.20. The fraction of sp³-hybridized carbons (Fsp3) is 0.545. The Morgan fingerprint density at radius 3 is 2.02 bits per heavy atom. The maximum absolute atomic E-state index is 13.0. The highest BCUT2D eigenvalue weighted by Gasteiger charge is 2.52. The Hall–Kier alpha value is -3.51. The van der Waals surface area contributed by atoms with Crippen LogP contribution in [0.1, 0.15) is 6.92 Å². The van der Waals surface area contributed by atoms with E-state index in [1.165, 1.54) is 37.3 Å². The topological polar surface area (TPSA) is 308 Å². The molecule has 0 radical (unpaired) electrons. The number of benzene rings is 2. The van der Waals surface area contributed by atoms with Crippen molar-refractivity contribution in [1.82, 2.24) is 0 Å². The highest BCUT2D eigenvalue weighted by Crippen LogP contribution is 2.35.